The Hall–Kier alpha value is -0.870. The molecule has 0 amide bonds. The average Bonchev–Trinajstić information content (AvgIpc) is 2.70. The molecule has 0 aromatic carbocycles. The van der Waals surface area contributed by atoms with E-state index in [0.29, 0.717) is 17.4 Å². The van der Waals surface area contributed by atoms with Gasteiger partial charge in [-0.15, -0.1) is 0 Å². The molecule has 1 aromatic heterocycles. The standard InChI is InChI=1S/C15H22ClN3O/c1-9-12(16)17-14(15(2,3)4)18-13(9)19-7-10-5-6-11(8-19)20-10/h10-11H,5-8H2,1-4H3. The molecule has 20 heavy (non-hydrogen) atoms. The van der Waals surface area contributed by atoms with E-state index in [0.717, 1.165) is 43.1 Å². The van der Waals surface area contributed by atoms with Gasteiger partial charge < -0.3 is 9.64 Å². The molecular formula is C15H22ClN3O. The van der Waals surface area contributed by atoms with E-state index < -0.39 is 0 Å². The second kappa shape index (κ2) is 4.85. The highest BCUT2D eigenvalue weighted by Crippen LogP contribution is 2.33. The fourth-order valence-corrected chi connectivity index (χ4v) is 3.07. The number of halogens is 1. The summed E-state index contributed by atoms with van der Waals surface area (Å²) in [6.07, 6.45) is 3.01. The third kappa shape index (κ3) is 2.51. The molecule has 1 aromatic rings. The number of anilines is 1. The van der Waals surface area contributed by atoms with Crippen molar-refractivity contribution in [3.63, 3.8) is 0 Å². The zero-order valence-electron chi connectivity index (χ0n) is 12.6. The number of ether oxygens (including phenoxy) is 1. The molecule has 2 saturated heterocycles. The maximum Gasteiger partial charge on any atom is 0.137 e. The van der Waals surface area contributed by atoms with Crippen LogP contribution in [0, 0.1) is 6.92 Å². The fourth-order valence-electron chi connectivity index (χ4n) is 2.91. The maximum absolute atomic E-state index is 6.32. The summed E-state index contributed by atoms with van der Waals surface area (Å²) >= 11 is 6.32. The molecule has 0 N–H and O–H groups in total. The third-order valence-electron chi connectivity index (χ3n) is 4.07. The number of hydrogen-bond donors (Lipinski definition) is 0. The van der Waals surface area contributed by atoms with Crippen LogP contribution < -0.4 is 4.90 Å². The zero-order valence-corrected chi connectivity index (χ0v) is 13.4. The van der Waals surface area contributed by atoms with E-state index in [1.807, 2.05) is 6.92 Å². The maximum atomic E-state index is 6.32. The lowest BCUT2D eigenvalue weighted by atomic mass is 9.95. The molecule has 5 heteroatoms. The molecule has 2 fully saturated rings. The third-order valence-corrected chi connectivity index (χ3v) is 4.44. The molecule has 2 aliphatic rings. The molecule has 2 aliphatic heterocycles. The van der Waals surface area contributed by atoms with E-state index in [2.05, 4.69) is 30.7 Å². The minimum absolute atomic E-state index is 0.0998. The van der Waals surface area contributed by atoms with Crippen LogP contribution in [0.25, 0.3) is 0 Å². The van der Waals surface area contributed by atoms with Crippen LogP contribution in [-0.2, 0) is 10.2 Å². The van der Waals surface area contributed by atoms with Crippen molar-refractivity contribution in [3.05, 3.63) is 16.5 Å². The molecule has 0 spiro atoms. The van der Waals surface area contributed by atoms with Crippen molar-refractivity contribution >= 4 is 17.4 Å². The SMILES string of the molecule is Cc1c(Cl)nc(C(C)(C)C)nc1N1CC2CCC(C1)O2. The van der Waals surface area contributed by atoms with Gasteiger partial charge in [0.05, 0.1) is 12.2 Å². The Morgan fingerprint density at radius 3 is 2.30 bits per heavy atom. The van der Waals surface area contributed by atoms with Gasteiger partial charge in [-0.25, -0.2) is 9.97 Å². The first kappa shape index (κ1) is 14.1. The van der Waals surface area contributed by atoms with Gasteiger partial charge in [0.15, 0.2) is 0 Å². The van der Waals surface area contributed by atoms with Crippen LogP contribution in [0.5, 0.6) is 0 Å². The van der Waals surface area contributed by atoms with Gasteiger partial charge in [0, 0.05) is 24.1 Å². The Bertz CT molecular complexity index is 515. The predicted molar refractivity (Wildman–Crippen MR) is 80.6 cm³/mol. The summed E-state index contributed by atoms with van der Waals surface area (Å²) in [6.45, 7) is 10.2. The molecule has 0 radical (unpaired) electrons. The summed E-state index contributed by atoms with van der Waals surface area (Å²) in [5.74, 6) is 1.79. The molecule has 3 rings (SSSR count). The van der Waals surface area contributed by atoms with Crippen LogP contribution >= 0.6 is 11.6 Å². The van der Waals surface area contributed by atoms with E-state index in [1.54, 1.807) is 0 Å². The first-order valence-electron chi connectivity index (χ1n) is 7.29. The zero-order chi connectivity index (χ0) is 14.5. The lowest BCUT2D eigenvalue weighted by Crippen LogP contribution is -2.43. The van der Waals surface area contributed by atoms with Crippen molar-refractivity contribution in [2.45, 2.75) is 58.2 Å². The summed E-state index contributed by atoms with van der Waals surface area (Å²) in [5.41, 5.74) is 0.873. The topological polar surface area (TPSA) is 38.2 Å². The predicted octanol–water partition coefficient (Wildman–Crippen LogP) is 3.10. The monoisotopic (exact) mass is 295 g/mol. The van der Waals surface area contributed by atoms with Crippen LogP contribution in [0.2, 0.25) is 5.15 Å². The number of rotatable bonds is 1. The molecule has 3 heterocycles. The first-order chi connectivity index (χ1) is 9.34. The van der Waals surface area contributed by atoms with E-state index in [-0.39, 0.29) is 5.41 Å². The van der Waals surface area contributed by atoms with E-state index in [9.17, 15) is 0 Å². The van der Waals surface area contributed by atoms with Crippen molar-refractivity contribution in [2.24, 2.45) is 0 Å². The van der Waals surface area contributed by atoms with Gasteiger partial charge in [-0.3, -0.25) is 0 Å². The highest BCUT2D eigenvalue weighted by atomic mass is 35.5. The summed E-state index contributed by atoms with van der Waals surface area (Å²) in [7, 11) is 0. The number of hydrogen-bond acceptors (Lipinski definition) is 4. The molecule has 0 aliphatic carbocycles. The van der Waals surface area contributed by atoms with Gasteiger partial charge in [-0.2, -0.15) is 0 Å². The summed E-state index contributed by atoms with van der Waals surface area (Å²) in [5, 5.41) is 0.568. The molecule has 2 atom stereocenters. The van der Waals surface area contributed by atoms with E-state index >= 15 is 0 Å². The Labute approximate surface area is 125 Å². The van der Waals surface area contributed by atoms with Gasteiger partial charge in [0.2, 0.25) is 0 Å². The first-order valence-corrected chi connectivity index (χ1v) is 7.67. The second-order valence-electron chi connectivity index (χ2n) is 6.90. The van der Waals surface area contributed by atoms with Gasteiger partial charge in [-0.1, -0.05) is 32.4 Å². The highest BCUT2D eigenvalue weighted by Gasteiger charge is 2.35. The lowest BCUT2D eigenvalue weighted by molar-refractivity contribution is 0.0301. The molecule has 2 unspecified atom stereocenters. The quantitative estimate of drug-likeness (QED) is 0.746. The molecule has 4 nitrogen and oxygen atoms in total. The van der Waals surface area contributed by atoms with Gasteiger partial charge >= 0.3 is 0 Å². The van der Waals surface area contributed by atoms with Crippen molar-refractivity contribution in [2.75, 3.05) is 18.0 Å². The van der Waals surface area contributed by atoms with Crippen molar-refractivity contribution in [3.8, 4) is 0 Å². The van der Waals surface area contributed by atoms with Crippen LogP contribution in [0.1, 0.15) is 45.0 Å². The largest absolute Gasteiger partial charge is 0.371 e. The number of aromatic nitrogens is 2. The van der Waals surface area contributed by atoms with Crippen molar-refractivity contribution in [1.82, 2.24) is 9.97 Å². The van der Waals surface area contributed by atoms with Crippen molar-refractivity contribution in [1.29, 1.82) is 0 Å². The number of morpholine rings is 1. The Morgan fingerprint density at radius 2 is 1.75 bits per heavy atom. The molecule has 110 valence electrons. The summed E-state index contributed by atoms with van der Waals surface area (Å²) in [4.78, 5) is 11.6. The van der Waals surface area contributed by atoms with Gasteiger partial charge in [0.1, 0.15) is 16.8 Å². The molecular weight excluding hydrogens is 274 g/mol. The van der Waals surface area contributed by atoms with Gasteiger partial charge in [-0.05, 0) is 19.8 Å². The minimum Gasteiger partial charge on any atom is -0.371 e. The smallest absolute Gasteiger partial charge is 0.137 e. The normalized spacial score (nSPS) is 26.1. The Kier molecular flexibility index (Phi) is 3.41. The minimum atomic E-state index is -0.0998. The highest BCUT2D eigenvalue weighted by molar-refractivity contribution is 6.30. The molecule has 2 bridgehead atoms. The second-order valence-corrected chi connectivity index (χ2v) is 7.26. The van der Waals surface area contributed by atoms with Crippen LogP contribution in [0.3, 0.4) is 0 Å². The number of nitrogens with zero attached hydrogens (tertiary/aromatic N) is 3. The number of fused-ring (bicyclic) bond motifs is 2. The summed E-state index contributed by atoms with van der Waals surface area (Å²) < 4.78 is 5.90. The summed E-state index contributed by atoms with van der Waals surface area (Å²) in [6, 6.07) is 0. The van der Waals surface area contributed by atoms with Crippen LogP contribution in [0.4, 0.5) is 5.82 Å². The van der Waals surface area contributed by atoms with Crippen LogP contribution in [0.15, 0.2) is 0 Å². The molecule has 0 saturated carbocycles. The van der Waals surface area contributed by atoms with Crippen molar-refractivity contribution < 1.29 is 4.74 Å². The van der Waals surface area contributed by atoms with E-state index in [1.165, 1.54) is 0 Å². The Morgan fingerprint density at radius 1 is 1.15 bits per heavy atom. The van der Waals surface area contributed by atoms with Gasteiger partial charge in [0.25, 0.3) is 0 Å². The fraction of sp³-hybridized carbons (Fsp3) is 0.733. The lowest BCUT2D eigenvalue weighted by Gasteiger charge is -2.34. The Balaban J connectivity index is 1.98. The average molecular weight is 296 g/mol. The van der Waals surface area contributed by atoms with E-state index in [4.69, 9.17) is 21.3 Å². The van der Waals surface area contributed by atoms with Crippen LogP contribution in [-0.4, -0.2) is 35.3 Å².